The number of nitrogens with zero attached hydrogens (tertiary/aromatic N) is 1. The number of hydrogen-bond donors (Lipinski definition) is 3. The van der Waals surface area contributed by atoms with E-state index in [1.54, 1.807) is 0 Å². The van der Waals surface area contributed by atoms with Gasteiger partial charge < -0.3 is 9.29 Å². The number of rotatable bonds is 3. The Bertz CT molecular complexity index is 898. The molecule has 1 heterocycles. The Kier molecular flexibility index (Phi) is 3.34. The van der Waals surface area contributed by atoms with Gasteiger partial charge in [-0.05, 0) is 6.07 Å². The molecule has 0 atom stereocenters. The van der Waals surface area contributed by atoms with Crippen LogP contribution in [0.25, 0.3) is 10.9 Å². The van der Waals surface area contributed by atoms with E-state index in [1.165, 1.54) is 6.07 Å². The lowest BCUT2D eigenvalue weighted by atomic mass is 10.2. The highest BCUT2D eigenvalue weighted by Gasteiger charge is 2.21. The predicted molar refractivity (Wildman–Crippen MR) is 67.7 cm³/mol. The van der Waals surface area contributed by atoms with Crippen LogP contribution in [0.5, 0.6) is 11.5 Å². The molecule has 0 amide bonds. The Balaban J connectivity index is 2.83. The fraction of sp³-hybridized carbons (Fsp3) is 0. The fourth-order valence-electron chi connectivity index (χ4n) is 1.56. The molecular formula is C8H6ClNO8S2. The van der Waals surface area contributed by atoms with Crippen molar-refractivity contribution < 1.29 is 35.2 Å². The van der Waals surface area contributed by atoms with Crippen LogP contribution >= 0.6 is 11.6 Å². The van der Waals surface area contributed by atoms with Crippen LogP contribution in [0, 0.1) is 0 Å². The van der Waals surface area contributed by atoms with E-state index in [-0.39, 0.29) is 10.9 Å². The molecule has 0 fully saturated rings. The first kappa shape index (κ1) is 14.9. The zero-order valence-electron chi connectivity index (χ0n) is 9.26. The van der Waals surface area contributed by atoms with E-state index in [4.69, 9.17) is 20.7 Å². The minimum Gasteiger partial charge on any atom is -0.503 e. The van der Waals surface area contributed by atoms with E-state index in [1.807, 2.05) is 0 Å². The molecule has 110 valence electrons. The van der Waals surface area contributed by atoms with Crippen LogP contribution in [-0.4, -0.2) is 35.0 Å². The normalized spacial score (nSPS) is 12.8. The van der Waals surface area contributed by atoms with E-state index >= 15 is 0 Å². The number of fused-ring (bicyclic) bond motifs is 1. The van der Waals surface area contributed by atoms with Crippen molar-refractivity contribution in [3.05, 3.63) is 23.4 Å². The van der Waals surface area contributed by atoms with Crippen molar-refractivity contribution in [1.29, 1.82) is 0 Å². The molecule has 0 saturated heterocycles. The van der Waals surface area contributed by atoms with Gasteiger partial charge in [0, 0.05) is 17.6 Å². The van der Waals surface area contributed by atoms with Gasteiger partial charge in [-0.25, -0.2) is 3.97 Å². The maximum absolute atomic E-state index is 11.1. The van der Waals surface area contributed by atoms with Gasteiger partial charge in [0.25, 0.3) is 0 Å². The maximum Gasteiger partial charge on any atom is 0.446 e. The summed E-state index contributed by atoms with van der Waals surface area (Å²) in [6.07, 6.45) is 0.933. The lowest BCUT2D eigenvalue weighted by Gasteiger charge is -2.08. The van der Waals surface area contributed by atoms with Gasteiger partial charge in [0.05, 0.1) is 10.5 Å². The van der Waals surface area contributed by atoms with Crippen molar-refractivity contribution in [2.24, 2.45) is 0 Å². The van der Waals surface area contributed by atoms with Crippen LogP contribution in [0.3, 0.4) is 0 Å². The number of aromatic nitrogens is 1. The second kappa shape index (κ2) is 4.49. The van der Waals surface area contributed by atoms with Gasteiger partial charge in [-0.15, -0.1) is 0 Å². The third-order valence-corrected chi connectivity index (χ3v) is 3.87. The van der Waals surface area contributed by atoms with E-state index < -0.39 is 37.2 Å². The summed E-state index contributed by atoms with van der Waals surface area (Å²) in [7, 11) is -9.62. The number of aromatic hydroxyl groups is 1. The number of phenols is 1. The molecule has 2 aromatic rings. The first-order chi connectivity index (χ1) is 9.00. The highest BCUT2D eigenvalue weighted by Crippen LogP contribution is 2.41. The average Bonchev–Trinajstić information content (AvgIpc) is 2.66. The summed E-state index contributed by atoms with van der Waals surface area (Å²) in [5.74, 6) is -1.61. The average molecular weight is 344 g/mol. The number of hydrogen-bond acceptors (Lipinski definition) is 6. The Morgan fingerprint density at radius 3 is 2.30 bits per heavy atom. The van der Waals surface area contributed by atoms with Crippen molar-refractivity contribution in [3.8, 4) is 11.5 Å². The zero-order valence-corrected chi connectivity index (χ0v) is 11.6. The van der Waals surface area contributed by atoms with Crippen LogP contribution in [0.15, 0.2) is 18.3 Å². The second-order valence-electron chi connectivity index (χ2n) is 3.57. The molecule has 12 heteroatoms. The summed E-state index contributed by atoms with van der Waals surface area (Å²) in [5.41, 5.74) is -0.256. The van der Waals surface area contributed by atoms with Crippen molar-refractivity contribution in [2.45, 2.75) is 0 Å². The van der Waals surface area contributed by atoms with E-state index in [9.17, 15) is 21.9 Å². The molecule has 2 rings (SSSR count). The summed E-state index contributed by atoms with van der Waals surface area (Å²) >= 11 is 5.73. The third kappa shape index (κ3) is 2.66. The van der Waals surface area contributed by atoms with Crippen LogP contribution in [0.4, 0.5) is 0 Å². The first-order valence-corrected chi connectivity index (χ1v) is 7.82. The van der Waals surface area contributed by atoms with Crippen LogP contribution < -0.4 is 4.18 Å². The molecule has 0 aliphatic heterocycles. The van der Waals surface area contributed by atoms with Gasteiger partial charge in [-0.3, -0.25) is 9.11 Å². The summed E-state index contributed by atoms with van der Waals surface area (Å²) in [6.45, 7) is 0. The van der Waals surface area contributed by atoms with Gasteiger partial charge in [-0.1, -0.05) is 11.6 Å². The molecule has 0 aliphatic carbocycles. The Labute approximate surface area is 117 Å². The summed E-state index contributed by atoms with van der Waals surface area (Å²) < 4.78 is 65.4. The number of benzene rings is 1. The van der Waals surface area contributed by atoms with Crippen LogP contribution in [0.2, 0.25) is 5.02 Å². The number of phenolic OH excluding ortho intramolecular Hbond substituents is 1. The largest absolute Gasteiger partial charge is 0.503 e. The predicted octanol–water partition coefficient (Wildman–Crippen LogP) is 0.833. The standard InChI is InChI=1S/C8H6ClNO8S2/c9-7-4-1-2-10(19(12,13)14)5(4)3-6(8(7)11)18-20(15,16)17/h1-3,11H,(H,12,13,14)(H,15,16,17). The maximum atomic E-state index is 11.1. The summed E-state index contributed by atoms with van der Waals surface area (Å²) in [5, 5.41) is 9.22. The van der Waals surface area contributed by atoms with E-state index in [2.05, 4.69) is 4.18 Å². The molecule has 9 nitrogen and oxygen atoms in total. The van der Waals surface area contributed by atoms with Crippen molar-refractivity contribution in [2.75, 3.05) is 0 Å². The quantitative estimate of drug-likeness (QED) is 0.695. The molecule has 20 heavy (non-hydrogen) atoms. The summed E-state index contributed by atoms with van der Waals surface area (Å²) in [4.78, 5) is 0. The Morgan fingerprint density at radius 2 is 1.80 bits per heavy atom. The lowest BCUT2D eigenvalue weighted by molar-refractivity contribution is 0.371. The zero-order chi connectivity index (χ0) is 15.3. The first-order valence-electron chi connectivity index (χ1n) is 4.68. The Hall–Kier alpha value is -1.53. The smallest absolute Gasteiger partial charge is 0.446 e. The topological polar surface area (TPSA) is 143 Å². The number of halogens is 1. The van der Waals surface area contributed by atoms with Crippen molar-refractivity contribution >= 4 is 43.2 Å². The highest BCUT2D eigenvalue weighted by atomic mass is 35.5. The minimum absolute atomic E-state index is 0.0180. The van der Waals surface area contributed by atoms with E-state index in [0.717, 1.165) is 12.3 Å². The van der Waals surface area contributed by atoms with Gasteiger partial charge in [0.1, 0.15) is 0 Å². The minimum atomic E-state index is -4.96. The molecule has 0 spiro atoms. The molecule has 3 N–H and O–H groups in total. The molecule has 1 aromatic carbocycles. The van der Waals surface area contributed by atoms with Gasteiger partial charge in [-0.2, -0.15) is 16.8 Å². The third-order valence-electron chi connectivity index (χ3n) is 2.28. The molecule has 0 unspecified atom stereocenters. The highest BCUT2D eigenvalue weighted by molar-refractivity contribution is 7.84. The van der Waals surface area contributed by atoms with Crippen LogP contribution in [-0.2, 0) is 20.7 Å². The van der Waals surface area contributed by atoms with Crippen molar-refractivity contribution in [3.63, 3.8) is 0 Å². The molecule has 0 saturated carbocycles. The van der Waals surface area contributed by atoms with Crippen LogP contribution in [0.1, 0.15) is 0 Å². The summed E-state index contributed by atoms with van der Waals surface area (Å²) in [6, 6.07) is 1.94. The van der Waals surface area contributed by atoms with Gasteiger partial charge in [0.15, 0.2) is 11.5 Å². The lowest BCUT2D eigenvalue weighted by Crippen LogP contribution is -2.10. The Morgan fingerprint density at radius 1 is 1.20 bits per heavy atom. The molecule has 0 aliphatic rings. The molecule has 0 radical (unpaired) electrons. The van der Waals surface area contributed by atoms with Gasteiger partial charge >= 0.3 is 20.7 Å². The second-order valence-corrected chi connectivity index (χ2v) is 6.26. The molecular weight excluding hydrogens is 338 g/mol. The van der Waals surface area contributed by atoms with Crippen molar-refractivity contribution in [1.82, 2.24) is 3.97 Å². The van der Waals surface area contributed by atoms with Gasteiger partial charge in [0.2, 0.25) is 0 Å². The SMILES string of the molecule is O=S(=O)(O)Oc1cc2c(ccn2S(=O)(=O)O)c(Cl)c1O. The molecule has 0 bridgehead atoms. The monoisotopic (exact) mass is 343 g/mol. The van der Waals surface area contributed by atoms with E-state index in [0.29, 0.717) is 3.97 Å². The molecule has 1 aromatic heterocycles. The fourth-order valence-corrected chi connectivity index (χ4v) is 2.78.